The molecule has 2 rings (SSSR count). The van der Waals surface area contributed by atoms with Gasteiger partial charge < -0.3 is 15.2 Å². The first-order valence-corrected chi connectivity index (χ1v) is 6.18. The van der Waals surface area contributed by atoms with Crippen molar-refractivity contribution in [2.45, 2.75) is 13.5 Å². The fraction of sp³-hybridized carbons (Fsp3) is 0.200. The summed E-state index contributed by atoms with van der Waals surface area (Å²) in [6, 6.07) is 9.25. The predicted molar refractivity (Wildman–Crippen MR) is 76.3 cm³/mol. The molecular formula is C15H16N2O3. The van der Waals surface area contributed by atoms with Crippen LogP contribution in [0.2, 0.25) is 0 Å². The van der Waals surface area contributed by atoms with E-state index < -0.39 is 5.97 Å². The van der Waals surface area contributed by atoms with Crippen molar-refractivity contribution in [1.29, 1.82) is 0 Å². The van der Waals surface area contributed by atoms with Crippen molar-refractivity contribution >= 4 is 11.8 Å². The number of nitrogens with one attached hydrogen (secondary N) is 1. The summed E-state index contributed by atoms with van der Waals surface area (Å²) in [6.07, 6.45) is 1.59. The van der Waals surface area contributed by atoms with Crippen LogP contribution < -0.4 is 10.1 Å². The summed E-state index contributed by atoms with van der Waals surface area (Å²) in [5.74, 6) is 0.131. The lowest BCUT2D eigenvalue weighted by molar-refractivity contribution is 0.0697. The fourth-order valence-corrected chi connectivity index (χ4v) is 1.99. The fourth-order valence-electron chi connectivity index (χ4n) is 1.99. The quantitative estimate of drug-likeness (QED) is 0.875. The average molecular weight is 272 g/mol. The average Bonchev–Trinajstić information content (AvgIpc) is 2.45. The highest BCUT2D eigenvalue weighted by Gasteiger charge is 2.14. The van der Waals surface area contributed by atoms with Crippen LogP contribution in [0.4, 0.5) is 5.82 Å². The van der Waals surface area contributed by atoms with Crippen LogP contribution in [0.3, 0.4) is 0 Å². The molecule has 0 fully saturated rings. The van der Waals surface area contributed by atoms with Crippen molar-refractivity contribution in [2.24, 2.45) is 0 Å². The van der Waals surface area contributed by atoms with E-state index in [1.807, 2.05) is 24.3 Å². The molecule has 20 heavy (non-hydrogen) atoms. The lowest BCUT2D eigenvalue weighted by atomic mass is 10.1. The number of aromatic nitrogens is 1. The molecular weight excluding hydrogens is 256 g/mol. The van der Waals surface area contributed by atoms with Crippen molar-refractivity contribution in [3.63, 3.8) is 0 Å². The number of para-hydroxylation sites is 1. The Balaban J connectivity index is 2.23. The van der Waals surface area contributed by atoms with Gasteiger partial charge in [-0.3, -0.25) is 0 Å². The Morgan fingerprint density at radius 2 is 2.10 bits per heavy atom. The van der Waals surface area contributed by atoms with Gasteiger partial charge >= 0.3 is 5.97 Å². The molecule has 0 atom stereocenters. The van der Waals surface area contributed by atoms with Crippen molar-refractivity contribution in [1.82, 2.24) is 4.98 Å². The molecule has 0 saturated heterocycles. The number of ether oxygens (including phenoxy) is 1. The van der Waals surface area contributed by atoms with Crippen molar-refractivity contribution < 1.29 is 14.6 Å². The molecule has 2 aromatic rings. The van der Waals surface area contributed by atoms with Crippen LogP contribution in [-0.2, 0) is 6.54 Å². The molecule has 0 aliphatic heterocycles. The largest absolute Gasteiger partial charge is 0.496 e. The number of carboxylic acid groups (broad SMARTS) is 1. The summed E-state index contributed by atoms with van der Waals surface area (Å²) < 4.78 is 5.26. The van der Waals surface area contributed by atoms with E-state index in [0.29, 0.717) is 17.9 Å². The molecule has 1 heterocycles. The van der Waals surface area contributed by atoms with E-state index in [2.05, 4.69) is 10.3 Å². The molecule has 0 aliphatic rings. The number of aryl methyl sites for hydroxylation is 1. The summed E-state index contributed by atoms with van der Waals surface area (Å²) in [5.41, 5.74) is 1.81. The number of rotatable bonds is 5. The molecule has 0 radical (unpaired) electrons. The van der Waals surface area contributed by atoms with Gasteiger partial charge in [-0.25, -0.2) is 9.78 Å². The Morgan fingerprint density at radius 3 is 2.80 bits per heavy atom. The van der Waals surface area contributed by atoms with Gasteiger partial charge in [-0.15, -0.1) is 0 Å². The number of pyridine rings is 1. The van der Waals surface area contributed by atoms with Crippen molar-refractivity contribution in [3.05, 3.63) is 53.2 Å². The van der Waals surface area contributed by atoms with Crippen molar-refractivity contribution in [2.75, 3.05) is 12.4 Å². The summed E-state index contributed by atoms with van der Waals surface area (Å²) in [5, 5.41) is 12.3. The van der Waals surface area contributed by atoms with Gasteiger partial charge in [0.2, 0.25) is 0 Å². The zero-order valence-corrected chi connectivity index (χ0v) is 11.4. The van der Waals surface area contributed by atoms with Gasteiger partial charge in [0.25, 0.3) is 0 Å². The van der Waals surface area contributed by atoms with Crippen LogP contribution in [0, 0.1) is 6.92 Å². The lowest BCUT2D eigenvalue weighted by Gasteiger charge is -2.12. The Bertz CT molecular complexity index is 626. The summed E-state index contributed by atoms with van der Waals surface area (Å²) >= 11 is 0. The standard InChI is InChI=1S/C15H16N2O3/c1-10-7-8-16-14(13(10)15(18)19)17-9-11-5-3-4-6-12(11)20-2/h3-8H,9H2,1-2H3,(H,16,17)(H,18,19). The predicted octanol–water partition coefficient (Wildman–Crippen LogP) is 2.71. The Labute approximate surface area is 117 Å². The molecule has 0 amide bonds. The minimum absolute atomic E-state index is 0.197. The molecule has 5 heteroatoms. The number of hydrogen-bond donors (Lipinski definition) is 2. The van der Waals surface area contributed by atoms with Crippen LogP contribution in [0.5, 0.6) is 5.75 Å². The third-order valence-corrected chi connectivity index (χ3v) is 3.01. The molecule has 1 aromatic heterocycles. The van der Waals surface area contributed by atoms with Gasteiger partial charge in [-0.05, 0) is 24.6 Å². The highest BCUT2D eigenvalue weighted by atomic mass is 16.5. The highest BCUT2D eigenvalue weighted by molar-refractivity contribution is 5.94. The summed E-state index contributed by atoms with van der Waals surface area (Å²) in [7, 11) is 1.60. The Morgan fingerprint density at radius 1 is 1.35 bits per heavy atom. The van der Waals surface area contributed by atoms with Crippen LogP contribution in [0.1, 0.15) is 21.5 Å². The third kappa shape index (κ3) is 2.88. The van der Waals surface area contributed by atoms with Gasteiger partial charge in [0.05, 0.1) is 7.11 Å². The maximum atomic E-state index is 11.3. The Kier molecular flexibility index (Phi) is 4.20. The zero-order chi connectivity index (χ0) is 14.5. The van der Waals surface area contributed by atoms with Gasteiger partial charge in [0, 0.05) is 18.3 Å². The van der Waals surface area contributed by atoms with E-state index in [0.717, 1.165) is 11.3 Å². The van der Waals surface area contributed by atoms with E-state index in [9.17, 15) is 9.90 Å². The number of aromatic carboxylic acids is 1. The molecule has 0 bridgehead atoms. The monoisotopic (exact) mass is 272 g/mol. The van der Waals surface area contributed by atoms with Gasteiger partial charge in [-0.2, -0.15) is 0 Å². The second-order valence-corrected chi connectivity index (χ2v) is 4.32. The normalized spacial score (nSPS) is 10.1. The molecule has 2 N–H and O–H groups in total. The first kappa shape index (κ1) is 13.9. The molecule has 0 spiro atoms. The number of carbonyl (C=O) groups is 1. The van der Waals surface area contributed by atoms with Crippen LogP contribution in [0.25, 0.3) is 0 Å². The number of nitrogens with zero attached hydrogens (tertiary/aromatic N) is 1. The van der Waals surface area contributed by atoms with E-state index in [4.69, 9.17) is 4.74 Å². The van der Waals surface area contributed by atoms with Gasteiger partial charge in [0.15, 0.2) is 0 Å². The highest BCUT2D eigenvalue weighted by Crippen LogP contribution is 2.21. The summed E-state index contributed by atoms with van der Waals surface area (Å²) in [4.78, 5) is 15.4. The first-order chi connectivity index (χ1) is 9.63. The second kappa shape index (κ2) is 6.06. The molecule has 0 aliphatic carbocycles. The number of benzene rings is 1. The maximum absolute atomic E-state index is 11.3. The smallest absolute Gasteiger partial charge is 0.339 e. The Hall–Kier alpha value is -2.56. The number of carboxylic acids is 1. The third-order valence-electron chi connectivity index (χ3n) is 3.01. The van der Waals surface area contributed by atoms with Crippen LogP contribution in [-0.4, -0.2) is 23.2 Å². The lowest BCUT2D eigenvalue weighted by Crippen LogP contribution is -2.10. The summed E-state index contributed by atoms with van der Waals surface area (Å²) in [6.45, 7) is 2.19. The van der Waals surface area contributed by atoms with E-state index >= 15 is 0 Å². The van der Waals surface area contributed by atoms with E-state index in [-0.39, 0.29) is 5.56 Å². The SMILES string of the molecule is COc1ccccc1CNc1nccc(C)c1C(=O)O. The van der Waals surface area contributed by atoms with Crippen LogP contribution in [0.15, 0.2) is 36.5 Å². The van der Waals surface area contributed by atoms with Gasteiger partial charge in [0.1, 0.15) is 17.1 Å². The van der Waals surface area contributed by atoms with Gasteiger partial charge in [-0.1, -0.05) is 18.2 Å². The maximum Gasteiger partial charge on any atom is 0.339 e. The minimum Gasteiger partial charge on any atom is -0.496 e. The first-order valence-electron chi connectivity index (χ1n) is 6.18. The molecule has 104 valence electrons. The topological polar surface area (TPSA) is 71.5 Å². The second-order valence-electron chi connectivity index (χ2n) is 4.32. The number of hydrogen-bond acceptors (Lipinski definition) is 4. The molecule has 0 unspecified atom stereocenters. The zero-order valence-electron chi connectivity index (χ0n) is 11.4. The molecule has 1 aromatic carbocycles. The molecule has 0 saturated carbocycles. The number of anilines is 1. The van der Waals surface area contributed by atoms with E-state index in [1.54, 1.807) is 26.3 Å². The van der Waals surface area contributed by atoms with Crippen molar-refractivity contribution in [3.8, 4) is 5.75 Å². The molecule has 5 nitrogen and oxygen atoms in total. The number of methoxy groups -OCH3 is 1. The minimum atomic E-state index is -0.988. The van der Waals surface area contributed by atoms with Crippen LogP contribution >= 0.6 is 0 Å². The van der Waals surface area contributed by atoms with E-state index in [1.165, 1.54) is 0 Å².